The highest BCUT2D eigenvalue weighted by molar-refractivity contribution is 5.83. The minimum Gasteiger partial charge on any atom is -0.365 e. The second kappa shape index (κ2) is 5.26. The first-order chi connectivity index (χ1) is 9.65. The Balaban J connectivity index is 1.87. The lowest BCUT2D eigenvalue weighted by Gasteiger charge is -2.32. The smallest absolute Gasteiger partial charge is 0.226 e. The number of nitrogens with one attached hydrogen (secondary N) is 3. The summed E-state index contributed by atoms with van der Waals surface area (Å²) in [5.74, 6) is 2.98. The number of aromatic amines is 1. The van der Waals surface area contributed by atoms with E-state index in [1.165, 1.54) is 19.3 Å². The molecule has 0 aliphatic heterocycles. The number of hydrogen-bond acceptors (Lipinski definition) is 5. The van der Waals surface area contributed by atoms with Gasteiger partial charge in [0.15, 0.2) is 11.5 Å². The average molecular weight is 274 g/mol. The lowest BCUT2D eigenvalue weighted by atomic mass is 9.80. The molecule has 0 amide bonds. The zero-order valence-corrected chi connectivity index (χ0v) is 12.3. The van der Waals surface area contributed by atoms with Crippen molar-refractivity contribution in [3.63, 3.8) is 0 Å². The van der Waals surface area contributed by atoms with Gasteiger partial charge in [-0.1, -0.05) is 13.8 Å². The van der Waals surface area contributed by atoms with Gasteiger partial charge in [-0.15, -0.1) is 0 Å². The molecule has 6 nitrogen and oxygen atoms in total. The second-order valence-corrected chi connectivity index (χ2v) is 6.01. The van der Waals surface area contributed by atoms with Gasteiger partial charge < -0.3 is 15.6 Å². The van der Waals surface area contributed by atoms with E-state index in [1.807, 2.05) is 7.05 Å². The molecule has 1 fully saturated rings. The summed E-state index contributed by atoms with van der Waals surface area (Å²) < 4.78 is 0. The molecule has 20 heavy (non-hydrogen) atoms. The zero-order valence-electron chi connectivity index (χ0n) is 12.3. The van der Waals surface area contributed by atoms with Crippen molar-refractivity contribution in [3.05, 3.63) is 6.33 Å². The van der Waals surface area contributed by atoms with Gasteiger partial charge in [-0.25, -0.2) is 4.98 Å². The van der Waals surface area contributed by atoms with Gasteiger partial charge in [0.2, 0.25) is 5.95 Å². The van der Waals surface area contributed by atoms with E-state index in [4.69, 9.17) is 0 Å². The molecule has 1 saturated carbocycles. The number of hydrogen-bond donors (Lipinski definition) is 3. The zero-order chi connectivity index (χ0) is 14.1. The Morgan fingerprint density at radius 2 is 1.90 bits per heavy atom. The maximum absolute atomic E-state index is 4.53. The molecule has 0 radical (unpaired) electrons. The van der Waals surface area contributed by atoms with Gasteiger partial charge in [-0.05, 0) is 31.1 Å². The summed E-state index contributed by atoms with van der Waals surface area (Å²) in [6.45, 7) is 4.66. The van der Waals surface area contributed by atoms with Gasteiger partial charge >= 0.3 is 0 Å². The molecule has 0 aromatic carbocycles. The molecule has 2 aromatic rings. The fourth-order valence-corrected chi connectivity index (χ4v) is 3.31. The number of fused-ring (bicyclic) bond motifs is 1. The van der Waals surface area contributed by atoms with Gasteiger partial charge in [0.1, 0.15) is 5.52 Å². The second-order valence-electron chi connectivity index (χ2n) is 6.01. The molecule has 108 valence electrons. The highest BCUT2D eigenvalue weighted by Crippen LogP contribution is 2.31. The van der Waals surface area contributed by atoms with Crippen LogP contribution in [0.2, 0.25) is 0 Å². The van der Waals surface area contributed by atoms with Crippen LogP contribution in [0.3, 0.4) is 0 Å². The van der Waals surface area contributed by atoms with Crippen LogP contribution < -0.4 is 10.6 Å². The molecule has 1 aliphatic rings. The number of nitrogens with zero attached hydrogens (tertiary/aromatic N) is 3. The van der Waals surface area contributed by atoms with Crippen molar-refractivity contribution in [2.24, 2.45) is 11.8 Å². The molecule has 1 aliphatic carbocycles. The molecule has 0 spiro atoms. The van der Waals surface area contributed by atoms with E-state index >= 15 is 0 Å². The predicted octanol–water partition coefficient (Wildman–Crippen LogP) is 2.63. The third-order valence-corrected chi connectivity index (χ3v) is 4.03. The molecule has 6 heteroatoms. The molecule has 2 atom stereocenters. The van der Waals surface area contributed by atoms with Crippen LogP contribution >= 0.6 is 0 Å². The third-order valence-electron chi connectivity index (χ3n) is 4.03. The van der Waals surface area contributed by atoms with Gasteiger partial charge in [0.05, 0.1) is 6.33 Å². The fourth-order valence-electron chi connectivity index (χ4n) is 3.31. The van der Waals surface area contributed by atoms with Gasteiger partial charge in [-0.3, -0.25) is 0 Å². The van der Waals surface area contributed by atoms with Crippen molar-refractivity contribution in [1.29, 1.82) is 0 Å². The Morgan fingerprint density at radius 3 is 2.60 bits per heavy atom. The minimum absolute atomic E-state index is 0.472. The maximum Gasteiger partial charge on any atom is 0.226 e. The highest BCUT2D eigenvalue weighted by atomic mass is 15.2. The molecule has 3 rings (SSSR count). The topological polar surface area (TPSA) is 78.5 Å². The van der Waals surface area contributed by atoms with Crippen molar-refractivity contribution in [2.75, 3.05) is 17.7 Å². The minimum atomic E-state index is 0.472. The first kappa shape index (κ1) is 13.1. The number of rotatable bonds is 3. The van der Waals surface area contributed by atoms with Crippen LogP contribution in [0.4, 0.5) is 11.8 Å². The number of aromatic nitrogens is 4. The molecule has 0 bridgehead atoms. The van der Waals surface area contributed by atoms with E-state index in [0.717, 1.165) is 23.2 Å². The summed E-state index contributed by atoms with van der Waals surface area (Å²) in [4.78, 5) is 16.2. The van der Waals surface area contributed by atoms with Crippen molar-refractivity contribution < 1.29 is 0 Å². The largest absolute Gasteiger partial charge is 0.365 e. The highest BCUT2D eigenvalue weighted by Gasteiger charge is 2.25. The van der Waals surface area contributed by atoms with Crippen molar-refractivity contribution in [1.82, 2.24) is 19.9 Å². The van der Waals surface area contributed by atoms with Gasteiger partial charge in [0, 0.05) is 13.1 Å². The van der Waals surface area contributed by atoms with Crippen LogP contribution in [-0.2, 0) is 0 Å². The fraction of sp³-hybridized carbons (Fsp3) is 0.643. The maximum atomic E-state index is 4.53. The van der Waals surface area contributed by atoms with Crippen LogP contribution in [0.1, 0.15) is 33.1 Å². The summed E-state index contributed by atoms with van der Waals surface area (Å²) in [7, 11) is 1.82. The molecule has 0 saturated heterocycles. The molecular formula is C14H22N6. The molecule has 2 unspecified atom stereocenters. The lowest BCUT2D eigenvalue weighted by molar-refractivity contribution is 0.280. The van der Waals surface area contributed by atoms with Gasteiger partial charge in [-0.2, -0.15) is 9.97 Å². The quantitative estimate of drug-likeness (QED) is 0.802. The Hall–Kier alpha value is -1.85. The van der Waals surface area contributed by atoms with E-state index < -0.39 is 0 Å². The van der Waals surface area contributed by atoms with E-state index in [1.54, 1.807) is 6.33 Å². The average Bonchev–Trinajstić information content (AvgIpc) is 2.85. The summed E-state index contributed by atoms with van der Waals surface area (Å²) in [5, 5.41) is 6.57. The first-order valence-corrected chi connectivity index (χ1v) is 7.31. The van der Waals surface area contributed by atoms with Crippen molar-refractivity contribution in [2.45, 2.75) is 39.2 Å². The first-order valence-electron chi connectivity index (χ1n) is 7.31. The molecule has 2 aromatic heterocycles. The van der Waals surface area contributed by atoms with Crippen LogP contribution in [0, 0.1) is 11.8 Å². The van der Waals surface area contributed by atoms with Crippen LogP contribution in [0.25, 0.3) is 11.2 Å². The van der Waals surface area contributed by atoms with E-state index in [9.17, 15) is 0 Å². The van der Waals surface area contributed by atoms with E-state index in [0.29, 0.717) is 17.6 Å². The summed E-state index contributed by atoms with van der Waals surface area (Å²) in [6, 6.07) is 0.472. The Labute approximate surface area is 118 Å². The predicted molar refractivity (Wildman–Crippen MR) is 80.8 cm³/mol. The molecule has 2 heterocycles. The third kappa shape index (κ3) is 2.55. The van der Waals surface area contributed by atoms with E-state index in [-0.39, 0.29) is 0 Å². The Morgan fingerprint density at radius 1 is 1.15 bits per heavy atom. The van der Waals surface area contributed by atoms with Crippen molar-refractivity contribution >= 4 is 22.9 Å². The van der Waals surface area contributed by atoms with Crippen LogP contribution in [0.5, 0.6) is 0 Å². The van der Waals surface area contributed by atoms with Gasteiger partial charge in [0.25, 0.3) is 0 Å². The number of anilines is 2. The molecule has 3 N–H and O–H groups in total. The molecular weight excluding hydrogens is 252 g/mol. The van der Waals surface area contributed by atoms with Crippen LogP contribution in [0.15, 0.2) is 6.33 Å². The summed E-state index contributed by atoms with van der Waals surface area (Å²) in [6.07, 6.45) is 5.37. The summed E-state index contributed by atoms with van der Waals surface area (Å²) in [5.41, 5.74) is 1.58. The Kier molecular flexibility index (Phi) is 3.46. The Bertz CT molecular complexity index is 582. The number of imidazole rings is 1. The van der Waals surface area contributed by atoms with E-state index in [2.05, 4.69) is 44.4 Å². The van der Waals surface area contributed by atoms with Crippen LogP contribution in [-0.4, -0.2) is 33.0 Å². The monoisotopic (exact) mass is 274 g/mol. The standard InChI is InChI=1S/C14H22N6/c1-8-4-9(2)6-10(5-8)18-13-11-12(17-7-16-11)19-14(15-3)20-13/h7-10H,4-6H2,1-3H3,(H3,15,16,17,18,19,20). The summed E-state index contributed by atoms with van der Waals surface area (Å²) >= 11 is 0. The normalized spacial score (nSPS) is 26.6. The number of H-pyrrole nitrogens is 1. The lowest BCUT2D eigenvalue weighted by Crippen LogP contribution is -2.30. The van der Waals surface area contributed by atoms with Crippen molar-refractivity contribution in [3.8, 4) is 0 Å². The SMILES string of the molecule is CNc1nc(NC2CC(C)CC(C)C2)c2[nH]cnc2n1.